The van der Waals surface area contributed by atoms with E-state index in [1.807, 2.05) is 5.43 Å². The topological polar surface area (TPSA) is 122 Å². The van der Waals surface area contributed by atoms with Gasteiger partial charge in [-0.3, -0.25) is 4.79 Å². The molecule has 9 heteroatoms. The highest BCUT2D eigenvalue weighted by molar-refractivity contribution is 7.90. The lowest BCUT2D eigenvalue weighted by molar-refractivity contribution is 0.0873. The minimum Gasteiger partial charge on any atom is -0.350 e. The smallest absolute Gasteiger partial charge is 0.332 e. The van der Waals surface area contributed by atoms with Gasteiger partial charge in [-0.05, 0) is 19.1 Å². The Hall–Kier alpha value is -2.42. The van der Waals surface area contributed by atoms with Crippen LogP contribution in [0.25, 0.3) is 0 Å². The molecule has 3 N–H and O–H groups in total. The van der Waals surface area contributed by atoms with Crippen molar-refractivity contribution in [3.05, 3.63) is 29.8 Å². The van der Waals surface area contributed by atoms with Crippen molar-refractivity contribution in [2.24, 2.45) is 10.8 Å². The number of nitrogens with zero attached hydrogens (tertiary/aromatic N) is 2. The number of nitrogens with one attached hydrogen (secondary N) is 1. The lowest BCUT2D eigenvalue weighted by atomic mass is 10.2. The fourth-order valence-electron chi connectivity index (χ4n) is 1.92. The number of hydrogen-bond donors (Lipinski definition) is 2. The number of rotatable bonds is 4. The second kappa shape index (κ2) is 5.52. The number of hydrogen-bond acceptors (Lipinski definition) is 5. The molecule has 0 saturated carbocycles. The first kappa shape index (κ1) is 15.0. The van der Waals surface area contributed by atoms with Crippen LogP contribution < -0.4 is 11.2 Å². The number of benzene rings is 1. The van der Waals surface area contributed by atoms with Gasteiger partial charge in [0.25, 0.3) is 15.9 Å². The van der Waals surface area contributed by atoms with Crippen LogP contribution in [0.4, 0.5) is 4.79 Å². The minimum atomic E-state index is -3.81. The molecular weight excluding hydrogens is 296 g/mol. The highest BCUT2D eigenvalue weighted by Gasteiger charge is 2.40. The van der Waals surface area contributed by atoms with Crippen LogP contribution in [0.3, 0.4) is 0 Å². The van der Waals surface area contributed by atoms with E-state index in [1.54, 1.807) is 19.1 Å². The van der Waals surface area contributed by atoms with Gasteiger partial charge in [-0.1, -0.05) is 12.1 Å². The molecule has 1 aliphatic heterocycles. The number of hydrazone groups is 1. The van der Waals surface area contributed by atoms with Crippen LogP contribution in [0.2, 0.25) is 0 Å². The van der Waals surface area contributed by atoms with Crippen molar-refractivity contribution in [3.8, 4) is 0 Å². The average molecular weight is 310 g/mol. The SMILES string of the molecule is C/C(CCN1C(=O)c2ccccc2S1(=O)=O)=N\NC(N)=O. The Morgan fingerprint density at radius 3 is 2.67 bits per heavy atom. The number of primary amides is 1. The summed E-state index contributed by atoms with van der Waals surface area (Å²) < 4.78 is 25.3. The number of fused-ring (bicyclic) bond motifs is 1. The Bertz CT molecular complexity index is 727. The Morgan fingerprint density at radius 1 is 1.38 bits per heavy atom. The van der Waals surface area contributed by atoms with Crippen LogP contribution in [-0.4, -0.2) is 36.9 Å². The normalized spacial score (nSPS) is 16.7. The van der Waals surface area contributed by atoms with Gasteiger partial charge in [0.1, 0.15) is 4.90 Å². The maximum atomic E-state index is 12.2. The van der Waals surface area contributed by atoms with Crippen LogP contribution >= 0.6 is 0 Å². The first-order chi connectivity index (χ1) is 9.84. The predicted octanol–water partition coefficient (Wildman–Crippen LogP) is 0.265. The standard InChI is InChI=1S/C12H14N4O4S/c1-8(14-15-12(13)18)6-7-16-11(17)9-4-2-3-5-10(9)21(16,19)20/h2-5H,6-7H2,1H3,(H3,13,15,18)/b14-8+. The molecule has 3 amide bonds. The summed E-state index contributed by atoms with van der Waals surface area (Å²) in [6.45, 7) is 1.54. The first-order valence-corrected chi connectivity index (χ1v) is 7.52. The third-order valence-electron chi connectivity index (χ3n) is 2.95. The van der Waals surface area contributed by atoms with Crippen molar-refractivity contribution in [1.82, 2.24) is 9.73 Å². The van der Waals surface area contributed by atoms with Crippen molar-refractivity contribution in [1.29, 1.82) is 0 Å². The fraction of sp³-hybridized carbons (Fsp3) is 0.250. The zero-order valence-electron chi connectivity index (χ0n) is 11.2. The van der Waals surface area contributed by atoms with Gasteiger partial charge >= 0.3 is 6.03 Å². The van der Waals surface area contributed by atoms with Crippen LogP contribution in [0.5, 0.6) is 0 Å². The summed E-state index contributed by atoms with van der Waals surface area (Å²) in [4.78, 5) is 22.6. The van der Waals surface area contributed by atoms with Crippen molar-refractivity contribution in [3.63, 3.8) is 0 Å². The van der Waals surface area contributed by atoms with Gasteiger partial charge < -0.3 is 5.73 Å². The summed E-state index contributed by atoms with van der Waals surface area (Å²) in [5.41, 5.74) is 7.53. The third-order valence-corrected chi connectivity index (χ3v) is 4.79. The van der Waals surface area contributed by atoms with Crippen molar-refractivity contribution < 1.29 is 18.0 Å². The van der Waals surface area contributed by atoms with Crippen molar-refractivity contribution in [2.45, 2.75) is 18.2 Å². The molecule has 1 aliphatic rings. The Kier molecular flexibility index (Phi) is 3.94. The van der Waals surface area contributed by atoms with E-state index in [9.17, 15) is 18.0 Å². The molecule has 8 nitrogen and oxygen atoms in total. The zero-order valence-corrected chi connectivity index (χ0v) is 12.1. The van der Waals surface area contributed by atoms with E-state index < -0.39 is 22.0 Å². The molecular formula is C12H14N4O4S. The zero-order chi connectivity index (χ0) is 15.6. The van der Waals surface area contributed by atoms with Gasteiger partial charge in [0, 0.05) is 18.7 Å². The van der Waals surface area contributed by atoms with Crippen LogP contribution in [-0.2, 0) is 10.0 Å². The number of amides is 3. The molecule has 0 unspecified atom stereocenters. The summed E-state index contributed by atoms with van der Waals surface area (Å²) in [7, 11) is -3.81. The molecule has 112 valence electrons. The molecule has 0 saturated heterocycles. The fourth-order valence-corrected chi connectivity index (χ4v) is 3.49. The van der Waals surface area contributed by atoms with Crippen LogP contribution in [0, 0.1) is 0 Å². The third kappa shape index (κ3) is 2.87. The summed E-state index contributed by atoms with van der Waals surface area (Å²) in [6.07, 6.45) is 0.194. The van der Waals surface area contributed by atoms with E-state index in [-0.39, 0.29) is 23.4 Å². The maximum Gasteiger partial charge on any atom is 0.332 e. The molecule has 0 radical (unpaired) electrons. The van der Waals surface area contributed by atoms with Gasteiger partial charge in [-0.15, -0.1) is 0 Å². The predicted molar refractivity (Wildman–Crippen MR) is 75.1 cm³/mol. The van der Waals surface area contributed by atoms with Gasteiger partial charge in [0.05, 0.1) is 5.56 Å². The number of sulfonamides is 1. The lowest BCUT2D eigenvalue weighted by Crippen LogP contribution is -2.32. The molecule has 21 heavy (non-hydrogen) atoms. The molecule has 0 bridgehead atoms. The Balaban J connectivity index is 2.15. The van der Waals surface area contributed by atoms with E-state index in [4.69, 9.17) is 5.73 Å². The van der Waals surface area contributed by atoms with Crippen LogP contribution in [0.15, 0.2) is 34.3 Å². The summed E-state index contributed by atoms with van der Waals surface area (Å²) in [6, 6.07) is 5.24. The Labute approximate surface area is 121 Å². The monoisotopic (exact) mass is 310 g/mol. The second-order valence-corrected chi connectivity index (χ2v) is 6.28. The van der Waals surface area contributed by atoms with E-state index >= 15 is 0 Å². The number of urea groups is 1. The molecule has 0 aliphatic carbocycles. The number of nitrogens with two attached hydrogens (primary N) is 1. The molecule has 1 heterocycles. The van der Waals surface area contributed by atoms with Crippen molar-refractivity contribution in [2.75, 3.05) is 6.54 Å². The number of carbonyl (C=O) groups is 2. The van der Waals surface area contributed by atoms with E-state index in [1.165, 1.54) is 12.1 Å². The largest absolute Gasteiger partial charge is 0.350 e. The lowest BCUT2D eigenvalue weighted by Gasteiger charge is -2.14. The van der Waals surface area contributed by atoms with Crippen molar-refractivity contribution >= 4 is 27.7 Å². The van der Waals surface area contributed by atoms with Gasteiger partial charge in [0.15, 0.2) is 0 Å². The molecule has 0 atom stereocenters. The summed E-state index contributed by atoms with van der Waals surface area (Å²) in [5.74, 6) is -0.554. The molecule has 1 aromatic carbocycles. The van der Waals surface area contributed by atoms with Gasteiger partial charge in [-0.2, -0.15) is 5.10 Å². The molecule has 0 spiro atoms. The van der Waals surface area contributed by atoms with E-state index in [0.717, 1.165) is 4.31 Å². The van der Waals surface area contributed by atoms with E-state index in [2.05, 4.69) is 5.10 Å². The molecule has 0 fully saturated rings. The second-order valence-electron chi connectivity index (χ2n) is 4.45. The average Bonchev–Trinajstić information content (AvgIpc) is 2.63. The summed E-state index contributed by atoms with van der Waals surface area (Å²) in [5, 5.41) is 3.67. The van der Waals surface area contributed by atoms with Crippen LogP contribution in [0.1, 0.15) is 23.7 Å². The summed E-state index contributed by atoms with van der Waals surface area (Å²) >= 11 is 0. The molecule has 2 rings (SSSR count). The highest BCUT2D eigenvalue weighted by Crippen LogP contribution is 2.29. The van der Waals surface area contributed by atoms with Gasteiger partial charge in [-0.25, -0.2) is 22.9 Å². The Morgan fingerprint density at radius 2 is 2.05 bits per heavy atom. The number of carbonyl (C=O) groups excluding carboxylic acids is 2. The van der Waals surface area contributed by atoms with Gasteiger partial charge in [0.2, 0.25) is 0 Å². The molecule has 1 aromatic rings. The molecule has 0 aromatic heterocycles. The minimum absolute atomic E-state index is 0.0138. The highest BCUT2D eigenvalue weighted by atomic mass is 32.2. The first-order valence-electron chi connectivity index (χ1n) is 6.08. The quantitative estimate of drug-likeness (QED) is 0.612. The maximum absolute atomic E-state index is 12.2. The van der Waals surface area contributed by atoms with E-state index in [0.29, 0.717) is 5.71 Å².